The van der Waals surface area contributed by atoms with Crippen LogP contribution in [0.4, 0.5) is 14.5 Å². The van der Waals surface area contributed by atoms with E-state index in [1.165, 1.54) is 7.11 Å². The van der Waals surface area contributed by atoms with Crippen LogP contribution in [-0.2, 0) is 9.53 Å². The van der Waals surface area contributed by atoms with Crippen LogP contribution in [0.25, 0.3) is 0 Å². The highest BCUT2D eigenvalue weighted by atomic mass is 79.9. The van der Waals surface area contributed by atoms with E-state index in [0.717, 1.165) is 12.1 Å². The van der Waals surface area contributed by atoms with Crippen LogP contribution >= 0.6 is 15.9 Å². The van der Waals surface area contributed by atoms with Crippen LogP contribution in [0.1, 0.15) is 0 Å². The normalized spacial score (nSPS) is 12.2. The van der Waals surface area contributed by atoms with Gasteiger partial charge in [0.1, 0.15) is 17.7 Å². The molecule has 0 saturated carbocycles. The third kappa shape index (κ3) is 3.64. The van der Waals surface area contributed by atoms with Gasteiger partial charge < -0.3 is 15.2 Å². The summed E-state index contributed by atoms with van der Waals surface area (Å²) in [7, 11) is 1.32. The zero-order valence-corrected chi connectivity index (χ0v) is 10.4. The van der Waals surface area contributed by atoms with Crippen molar-refractivity contribution >= 4 is 27.6 Å². The lowest BCUT2D eigenvalue weighted by Crippen LogP contribution is -2.34. The molecule has 0 aliphatic carbocycles. The molecule has 0 saturated heterocycles. The molecule has 0 aromatic heterocycles. The molecule has 1 atom stereocenters. The monoisotopic (exact) mass is 309 g/mol. The molecular formula is C10H10BrF2NO3. The second kappa shape index (κ2) is 5.92. The standard InChI is InChI=1S/C10H10BrF2NO3/c1-17-4-9(10(15)16)14-8-3-6(12)5(11)2-7(8)13/h2-3,9,14H,4H2,1H3,(H,15,16). The summed E-state index contributed by atoms with van der Waals surface area (Å²) in [6.45, 7) is -0.160. The van der Waals surface area contributed by atoms with Gasteiger partial charge in [-0.3, -0.25) is 0 Å². The van der Waals surface area contributed by atoms with Gasteiger partial charge in [-0.25, -0.2) is 13.6 Å². The van der Waals surface area contributed by atoms with E-state index in [1.807, 2.05) is 0 Å². The minimum Gasteiger partial charge on any atom is -0.480 e. The number of benzene rings is 1. The summed E-state index contributed by atoms with van der Waals surface area (Å²) in [5, 5.41) is 11.2. The molecule has 2 N–H and O–H groups in total. The molecule has 0 heterocycles. The summed E-state index contributed by atoms with van der Waals surface area (Å²) in [4.78, 5) is 10.8. The van der Waals surface area contributed by atoms with Crippen LogP contribution in [0.2, 0.25) is 0 Å². The third-order valence-electron chi connectivity index (χ3n) is 1.97. The zero-order valence-electron chi connectivity index (χ0n) is 8.84. The largest absolute Gasteiger partial charge is 0.480 e. The molecule has 1 aromatic carbocycles. The molecule has 0 spiro atoms. The molecule has 0 amide bonds. The lowest BCUT2D eigenvalue weighted by Gasteiger charge is -2.15. The molecule has 94 valence electrons. The molecule has 0 radical (unpaired) electrons. The lowest BCUT2D eigenvalue weighted by atomic mass is 10.2. The average molecular weight is 310 g/mol. The number of aliphatic carboxylic acids is 1. The van der Waals surface area contributed by atoms with Crippen LogP contribution < -0.4 is 5.32 Å². The van der Waals surface area contributed by atoms with E-state index in [4.69, 9.17) is 5.11 Å². The minimum absolute atomic E-state index is 0.0285. The highest BCUT2D eigenvalue weighted by molar-refractivity contribution is 9.10. The predicted molar refractivity (Wildman–Crippen MR) is 61.0 cm³/mol. The van der Waals surface area contributed by atoms with E-state index in [1.54, 1.807) is 0 Å². The Balaban J connectivity index is 2.93. The molecule has 17 heavy (non-hydrogen) atoms. The highest BCUT2D eigenvalue weighted by Gasteiger charge is 2.19. The van der Waals surface area contributed by atoms with Gasteiger partial charge >= 0.3 is 5.97 Å². The first-order valence-electron chi connectivity index (χ1n) is 4.58. The van der Waals surface area contributed by atoms with Gasteiger partial charge in [-0.15, -0.1) is 0 Å². The van der Waals surface area contributed by atoms with E-state index in [0.29, 0.717) is 0 Å². The number of methoxy groups -OCH3 is 1. The van der Waals surface area contributed by atoms with E-state index in [9.17, 15) is 13.6 Å². The van der Waals surface area contributed by atoms with Crippen LogP contribution in [0.3, 0.4) is 0 Å². The van der Waals surface area contributed by atoms with Crippen LogP contribution in [0.5, 0.6) is 0 Å². The quantitative estimate of drug-likeness (QED) is 0.819. The fourth-order valence-corrected chi connectivity index (χ4v) is 1.48. The zero-order chi connectivity index (χ0) is 13.0. The molecule has 1 aromatic rings. The summed E-state index contributed by atoms with van der Waals surface area (Å²) >= 11 is 2.82. The molecule has 0 fully saturated rings. The van der Waals surface area contributed by atoms with Gasteiger partial charge in [-0.05, 0) is 22.0 Å². The number of rotatable bonds is 5. The van der Waals surface area contributed by atoms with Crippen molar-refractivity contribution in [3.8, 4) is 0 Å². The maximum absolute atomic E-state index is 13.4. The summed E-state index contributed by atoms with van der Waals surface area (Å²) < 4.78 is 31.2. The average Bonchev–Trinajstić information content (AvgIpc) is 2.24. The third-order valence-corrected chi connectivity index (χ3v) is 2.58. The van der Waals surface area contributed by atoms with Gasteiger partial charge in [0.2, 0.25) is 0 Å². The Labute approximate surface area is 105 Å². The Morgan fingerprint density at radius 3 is 2.71 bits per heavy atom. The number of carboxylic acids is 1. The van der Waals surface area contributed by atoms with Crippen molar-refractivity contribution in [3.05, 3.63) is 28.2 Å². The summed E-state index contributed by atoms with van der Waals surface area (Å²) in [6.07, 6.45) is 0. The van der Waals surface area contributed by atoms with Crippen molar-refractivity contribution < 1.29 is 23.4 Å². The van der Waals surface area contributed by atoms with E-state index < -0.39 is 23.6 Å². The number of halogens is 3. The first kappa shape index (κ1) is 13.9. The van der Waals surface area contributed by atoms with Crippen LogP contribution in [0.15, 0.2) is 16.6 Å². The summed E-state index contributed by atoms with van der Waals surface area (Å²) in [5.41, 5.74) is -0.227. The number of nitrogens with one attached hydrogen (secondary N) is 1. The maximum atomic E-state index is 13.4. The molecule has 1 rings (SSSR count). The second-order valence-corrected chi connectivity index (χ2v) is 4.09. The SMILES string of the molecule is COCC(Nc1cc(F)c(Br)cc1F)C(=O)O. The van der Waals surface area contributed by atoms with E-state index >= 15 is 0 Å². The van der Waals surface area contributed by atoms with Gasteiger partial charge in [0.15, 0.2) is 0 Å². The van der Waals surface area contributed by atoms with Crippen molar-refractivity contribution in [3.63, 3.8) is 0 Å². The number of carboxylic acid groups (broad SMARTS) is 1. The topological polar surface area (TPSA) is 58.6 Å². The van der Waals surface area contributed by atoms with Gasteiger partial charge in [0.25, 0.3) is 0 Å². The molecule has 0 aliphatic rings. The molecule has 0 aliphatic heterocycles. The Hall–Kier alpha value is -1.21. The number of carbonyl (C=O) groups is 1. The molecule has 0 bridgehead atoms. The molecular weight excluding hydrogens is 300 g/mol. The van der Waals surface area contributed by atoms with Gasteiger partial charge in [0, 0.05) is 13.2 Å². The first-order chi connectivity index (χ1) is 7.95. The number of ether oxygens (including phenoxy) is 1. The highest BCUT2D eigenvalue weighted by Crippen LogP contribution is 2.23. The van der Waals surface area contributed by atoms with Gasteiger partial charge in [-0.1, -0.05) is 0 Å². The Bertz CT molecular complexity index is 428. The fraction of sp³-hybridized carbons (Fsp3) is 0.300. The minimum atomic E-state index is -1.21. The van der Waals surface area contributed by atoms with E-state index in [2.05, 4.69) is 26.0 Å². The van der Waals surface area contributed by atoms with Crippen molar-refractivity contribution in [2.24, 2.45) is 0 Å². The lowest BCUT2D eigenvalue weighted by molar-refractivity contribution is -0.139. The molecule has 7 heteroatoms. The van der Waals surface area contributed by atoms with Crippen LogP contribution in [-0.4, -0.2) is 30.8 Å². The Morgan fingerprint density at radius 1 is 1.53 bits per heavy atom. The number of anilines is 1. The van der Waals surface area contributed by atoms with Crippen molar-refractivity contribution in [2.45, 2.75) is 6.04 Å². The second-order valence-electron chi connectivity index (χ2n) is 3.24. The molecule has 1 unspecified atom stereocenters. The van der Waals surface area contributed by atoms with Gasteiger partial charge in [0.05, 0.1) is 16.8 Å². The fourth-order valence-electron chi connectivity index (χ4n) is 1.16. The maximum Gasteiger partial charge on any atom is 0.328 e. The smallest absolute Gasteiger partial charge is 0.328 e. The van der Waals surface area contributed by atoms with Crippen molar-refractivity contribution in [2.75, 3.05) is 19.0 Å². The van der Waals surface area contributed by atoms with E-state index in [-0.39, 0.29) is 16.8 Å². The first-order valence-corrected chi connectivity index (χ1v) is 5.37. The summed E-state index contributed by atoms with van der Waals surface area (Å²) in [6, 6.07) is 0.657. The Morgan fingerprint density at radius 2 is 2.18 bits per heavy atom. The van der Waals surface area contributed by atoms with Crippen LogP contribution in [0, 0.1) is 11.6 Å². The Kier molecular flexibility index (Phi) is 4.83. The number of hydrogen-bond donors (Lipinski definition) is 2. The molecule has 4 nitrogen and oxygen atoms in total. The van der Waals surface area contributed by atoms with Crippen molar-refractivity contribution in [1.29, 1.82) is 0 Å². The summed E-state index contributed by atoms with van der Waals surface area (Å²) in [5.74, 6) is -2.65. The predicted octanol–water partition coefficient (Wildman–Crippen LogP) is 2.24. The number of hydrogen-bond acceptors (Lipinski definition) is 3. The van der Waals surface area contributed by atoms with Crippen molar-refractivity contribution in [1.82, 2.24) is 0 Å². The van der Waals surface area contributed by atoms with Gasteiger partial charge in [-0.2, -0.15) is 0 Å².